The van der Waals surface area contributed by atoms with Crippen LogP contribution in [-0.4, -0.2) is 43.2 Å². The first-order valence-electron chi connectivity index (χ1n) is 6.66. The monoisotopic (exact) mass is 264 g/mol. The number of hydrogen-bond acceptors (Lipinski definition) is 3. The lowest BCUT2D eigenvalue weighted by molar-refractivity contribution is -0.132. The van der Waals surface area contributed by atoms with E-state index in [1.165, 1.54) is 0 Å². The third kappa shape index (κ3) is 5.85. The molecule has 2 N–H and O–H groups in total. The highest BCUT2D eigenvalue weighted by molar-refractivity contribution is 5.81. The number of carbonyl (C=O) groups excluding carboxylic acids is 1. The summed E-state index contributed by atoms with van der Waals surface area (Å²) in [5.41, 5.74) is 7.03. The van der Waals surface area contributed by atoms with Gasteiger partial charge in [-0.05, 0) is 25.8 Å². The summed E-state index contributed by atoms with van der Waals surface area (Å²) in [5.74, 6) is -0.0452. The SMILES string of the molecule is CC(C)OCCN(C)C(=O)[C@H](N)Cc1ccccc1. The summed E-state index contributed by atoms with van der Waals surface area (Å²) in [5, 5.41) is 0. The van der Waals surface area contributed by atoms with Gasteiger partial charge in [-0.1, -0.05) is 30.3 Å². The maximum Gasteiger partial charge on any atom is 0.239 e. The van der Waals surface area contributed by atoms with Crippen LogP contribution in [0.25, 0.3) is 0 Å². The van der Waals surface area contributed by atoms with E-state index in [1.807, 2.05) is 44.2 Å². The topological polar surface area (TPSA) is 55.6 Å². The van der Waals surface area contributed by atoms with E-state index in [-0.39, 0.29) is 12.0 Å². The van der Waals surface area contributed by atoms with Gasteiger partial charge in [0.15, 0.2) is 0 Å². The molecule has 0 saturated heterocycles. The van der Waals surface area contributed by atoms with E-state index in [1.54, 1.807) is 11.9 Å². The molecule has 1 amide bonds. The molecule has 19 heavy (non-hydrogen) atoms. The Labute approximate surface area is 115 Å². The highest BCUT2D eigenvalue weighted by Crippen LogP contribution is 2.03. The first kappa shape index (κ1) is 15.7. The zero-order valence-electron chi connectivity index (χ0n) is 12.0. The molecule has 0 heterocycles. The first-order valence-corrected chi connectivity index (χ1v) is 6.66. The highest BCUT2D eigenvalue weighted by atomic mass is 16.5. The van der Waals surface area contributed by atoms with Crippen LogP contribution in [0.4, 0.5) is 0 Å². The van der Waals surface area contributed by atoms with Crippen molar-refractivity contribution in [3.8, 4) is 0 Å². The van der Waals surface area contributed by atoms with E-state index in [4.69, 9.17) is 10.5 Å². The van der Waals surface area contributed by atoms with E-state index < -0.39 is 6.04 Å². The van der Waals surface area contributed by atoms with Gasteiger partial charge in [0.05, 0.1) is 18.8 Å². The summed E-state index contributed by atoms with van der Waals surface area (Å²) in [6.45, 7) is 5.06. The van der Waals surface area contributed by atoms with Crippen molar-refractivity contribution < 1.29 is 9.53 Å². The summed E-state index contributed by atoms with van der Waals surface area (Å²) in [6.07, 6.45) is 0.746. The summed E-state index contributed by atoms with van der Waals surface area (Å²) in [6, 6.07) is 9.32. The van der Waals surface area contributed by atoms with Gasteiger partial charge >= 0.3 is 0 Å². The maximum atomic E-state index is 12.1. The lowest BCUT2D eigenvalue weighted by Gasteiger charge is -2.21. The normalized spacial score (nSPS) is 12.5. The van der Waals surface area contributed by atoms with Gasteiger partial charge in [-0.3, -0.25) is 4.79 Å². The van der Waals surface area contributed by atoms with Gasteiger partial charge in [0.1, 0.15) is 0 Å². The quantitative estimate of drug-likeness (QED) is 0.810. The largest absolute Gasteiger partial charge is 0.377 e. The molecule has 0 spiro atoms. The van der Waals surface area contributed by atoms with Crippen molar-refractivity contribution in [2.24, 2.45) is 5.73 Å². The van der Waals surface area contributed by atoms with Crippen LogP contribution in [0.3, 0.4) is 0 Å². The first-order chi connectivity index (χ1) is 9.00. The van der Waals surface area contributed by atoms with Crippen molar-refractivity contribution in [2.45, 2.75) is 32.4 Å². The Hall–Kier alpha value is -1.39. The van der Waals surface area contributed by atoms with Crippen LogP contribution in [0, 0.1) is 0 Å². The summed E-state index contributed by atoms with van der Waals surface area (Å²) in [4.78, 5) is 13.7. The van der Waals surface area contributed by atoms with Crippen LogP contribution in [0.1, 0.15) is 19.4 Å². The minimum atomic E-state index is -0.494. The average molecular weight is 264 g/mol. The molecule has 0 radical (unpaired) electrons. The third-order valence-electron chi connectivity index (χ3n) is 2.87. The second-order valence-corrected chi connectivity index (χ2v) is 4.98. The van der Waals surface area contributed by atoms with Crippen LogP contribution in [0.5, 0.6) is 0 Å². The van der Waals surface area contributed by atoms with Crippen molar-refractivity contribution in [3.63, 3.8) is 0 Å². The maximum absolute atomic E-state index is 12.1. The Morgan fingerprint density at radius 1 is 1.32 bits per heavy atom. The number of hydrogen-bond donors (Lipinski definition) is 1. The molecule has 0 aliphatic rings. The van der Waals surface area contributed by atoms with Crippen molar-refractivity contribution in [2.75, 3.05) is 20.2 Å². The smallest absolute Gasteiger partial charge is 0.239 e. The Morgan fingerprint density at radius 2 is 1.95 bits per heavy atom. The van der Waals surface area contributed by atoms with Gasteiger partial charge in [0.2, 0.25) is 5.91 Å². The lowest BCUT2D eigenvalue weighted by Crippen LogP contribution is -2.44. The van der Waals surface area contributed by atoms with Crippen molar-refractivity contribution in [1.82, 2.24) is 4.90 Å². The number of ether oxygens (including phenoxy) is 1. The van der Waals surface area contributed by atoms with Gasteiger partial charge in [-0.15, -0.1) is 0 Å². The van der Waals surface area contributed by atoms with Crippen LogP contribution >= 0.6 is 0 Å². The Balaban J connectivity index is 2.39. The Morgan fingerprint density at radius 3 is 2.53 bits per heavy atom. The summed E-state index contributed by atoms with van der Waals surface area (Å²) < 4.78 is 5.43. The molecule has 0 aliphatic heterocycles. The fourth-order valence-electron chi connectivity index (χ4n) is 1.77. The molecule has 1 atom stereocenters. The Bertz CT molecular complexity index is 379. The molecule has 0 aliphatic carbocycles. The molecule has 0 unspecified atom stereocenters. The Kier molecular flexibility index (Phi) is 6.53. The molecule has 4 nitrogen and oxygen atoms in total. The lowest BCUT2D eigenvalue weighted by atomic mass is 10.1. The molecule has 1 aromatic carbocycles. The van der Waals surface area contributed by atoms with Crippen LogP contribution in [-0.2, 0) is 16.0 Å². The molecular formula is C15H24N2O2. The fraction of sp³-hybridized carbons (Fsp3) is 0.533. The second-order valence-electron chi connectivity index (χ2n) is 4.98. The van der Waals surface area contributed by atoms with Crippen molar-refractivity contribution >= 4 is 5.91 Å². The molecule has 106 valence electrons. The average Bonchev–Trinajstić information content (AvgIpc) is 2.38. The van der Waals surface area contributed by atoms with Gasteiger partial charge in [0.25, 0.3) is 0 Å². The second kappa shape index (κ2) is 7.92. The molecule has 0 fully saturated rings. The number of rotatable bonds is 7. The number of nitrogens with two attached hydrogens (primary N) is 1. The van der Waals surface area contributed by atoms with E-state index in [2.05, 4.69) is 0 Å². The van der Waals surface area contributed by atoms with E-state index >= 15 is 0 Å². The zero-order chi connectivity index (χ0) is 14.3. The number of carbonyl (C=O) groups is 1. The van der Waals surface area contributed by atoms with Gasteiger partial charge in [-0.2, -0.15) is 0 Å². The van der Waals surface area contributed by atoms with Crippen molar-refractivity contribution in [3.05, 3.63) is 35.9 Å². The van der Waals surface area contributed by atoms with E-state index in [9.17, 15) is 4.79 Å². The van der Waals surface area contributed by atoms with E-state index in [0.717, 1.165) is 5.56 Å². The molecule has 0 saturated carbocycles. The minimum absolute atomic E-state index is 0.0452. The number of benzene rings is 1. The fourth-order valence-corrected chi connectivity index (χ4v) is 1.77. The molecule has 0 bridgehead atoms. The third-order valence-corrected chi connectivity index (χ3v) is 2.87. The van der Waals surface area contributed by atoms with Crippen LogP contribution in [0.15, 0.2) is 30.3 Å². The predicted molar refractivity (Wildman–Crippen MR) is 76.8 cm³/mol. The van der Waals surface area contributed by atoms with Gasteiger partial charge in [0, 0.05) is 13.6 Å². The number of likely N-dealkylation sites (N-methyl/N-ethyl adjacent to an activating group) is 1. The van der Waals surface area contributed by atoms with Crippen LogP contribution in [0.2, 0.25) is 0 Å². The highest BCUT2D eigenvalue weighted by Gasteiger charge is 2.18. The molecule has 0 aromatic heterocycles. The molecule has 4 heteroatoms. The van der Waals surface area contributed by atoms with Crippen LogP contribution < -0.4 is 5.73 Å². The summed E-state index contributed by atoms with van der Waals surface area (Å²) in [7, 11) is 1.76. The molecule has 1 rings (SSSR count). The van der Waals surface area contributed by atoms with E-state index in [0.29, 0.717) is 19.6 Å². The molecular weight excluding hydrogens is 240 g/mol. The van der Waals surface area contributed by atoms with Crippen molar-refractivity contribution in [1.29, 1.82) is 0 Å². The van der Waals surface area contributed by atoms with Gasteiger partial charge in [-0.25, -0.2) is 0 Å². The number of amides is 1. The molecule has 1 aromatic rings. The van der Waals surface area contributed by atoms with Gasteiger partial charge < -0.3 is 15.4 Å². The summed E-state index contributed by atoms with van der Waals surface area (Å²) >= 11 is 0. The zero-order valence-corrected chi connectivity index (χ0v) is 12.0. The predicted octanol–water partition coefficient (Wildman–Crippen LogP) is 1.44. The number of nitrogens with zero attached hydrogens (tertiary/aromatic N) is 1. The minimum Gasteiger partial charge on any atom is -0.377 e. The standard InChI is InChI=1S/C15H24N2O2/c1-12(2)19-10-9-17(3)15(18)14(16)11-13-7-5-4-6-8-13/h4-8,12,14H,9-11,16H2,1-3H3/t14-/m1/s1.